The van der Waals surface area contributed by atoms with E-state index in [-0.39, 0.29) is 17.3 Å². The molecular weight excluding hydrogens is 566 g/mol. The highest BCUT2D eigenvalue weighted by Crippen LogP contribution is 2.27. The Morgan fingerprint density at radius 1 is 0.974 bits per heavy atom. The first-order valence-electron chi connectivity index (χ1n) is 12.5. The number of hydrogen-bond donors (Lipinski definition) is 1. The number of nitrogens with zero attached hydrogens (tertiary/aromatic N) is 2. The number of anilines is 1. The third kappa shape index (κ3) is 7.23. The van der Waals surface area contributed by atoms with Gasteiger partial charge in [-0.3, -0.25) is 13.9 Å². The van der Waals surface area contributed by atoms with E-state index in [1.54, 1.807) is 56.3 Å². The highest BCUT2D eigenvalue weighted by Gasteiger charge is 2.33. The van der Waals surface area contributed by atoms with Crippen molar-refractivity contribution in [3.8, 4) is 0 Å². The van der Waals surface area contributed by atoms with Gasteiger partial charge in [0.15, 0.2) is 0 Å². The first kappa shape index (κ1) is 29.4. The summed E-state index contributed by atoms with van der Waals surface area (Å²) >= 11 is 3.45. The summed E-state index contributed by atoms with van der Waals surface area (Å²) in [5, 5.41) is 2.85. The Labute approximate surface area is 234 Å². The van der Waals surface area contributed by atoms with E-state index in [1.807, 2.05) is 44.2 Å². The molecule has 0 spiro atoms. The molecule has 9 heteroatoms. The molecule has 0 saturated carbocycles. The van der Waals surface area contributed by atoms with Gasteiger partial charge >= 0.3 is 0 Å². The lowest BCUT2D eigenvalue weighted by molar-refractivity contribution is -0.139. The second-order valence-electron chi connectivity index (χ2n) is 9.23. The van der Waals surface area contributed by atoms with E-state index < -0.39 is 28.5 Å². The molecule has 3 aromatic carbocycles. The van der Waals surface area contributed by atoms with Gasteiger partial charge in [0.1, 0.15) is 12.6 Å². The average molecular weight is 601 g/mol. The first-order valence-corrected chi connectivity index (χ1v) is 14.7. The monoisotopic (exact) mass is 599 g/mol. The summed E-state index contributed by atoms with van der Waals surface area (Å²) in [7, 11) is -4.08. The minimum Gasteiger partial charge on any atom is -0.354 e. The van der Waals surface area contributed by atoms with Crippen LogP contribution in [0.3, 0.4) is 0 Å². The molecule has 0 heterocycles. The van der Waals surface area contributed by atoms with Crippen molar-refractivity contribution in [1.29, 1.82) is 0 Å². The highest BCUT2D eigenvalue weighted by atomic mass is 79.9. The van der Waals surface area contributed by atoms with Gasteiger partial charge in [-0.15, -0.1) is 0 Å². The molecule has 7 nitrogen and oxygen atoms in total. The molecule has 3 rings (SSSR count). The van der Waals surface area contributed by atoms with Gasteiger partial charge in [0.25, 0.3) is 10.0 Å². The standard InChI is InChI=1S/C29H34BrN3O4S/c1-5-17-31-29(35)23(4)32(19-24-10-8-11-25(30)18-24)28(34)20-33(27-12-7-6-9-22(27)3)38(36,37)26-15-13-21(2)14-16-26/h6-16,18,23H,5,17,19-20H2,1-4H3,(H,31,35)/t23-/m0/s1. The second-order valence-corrected chi connectivity index (χ2v) is 12.0. The molecule has 0 aliphatic carbocycles. The number of para-hydroxylation sites is 1. The van der Waals surface area contributed by atoms with Crippen LogP contribution in [0.25, 0.3) is 0 Å². The maximum absolute atomic E-state index is 13.9. The molecule has 0 aliphatic heterocycles. The Hall–Kier alpha value is -3.17. The highest BCUT2D eigenvalue weighted by molar-refractivity contribution is 9.10. The minimum absolute atomic E-state index is 0.0893. The third-order valence-electron chi connectivity index (χ3n) is 6.23. The molecule has 1 atom stereocenters. The van der Waals surface area contributed by atoms with Gasteiger partial charge in [-0.2, -0.15) is 0 Å². The van der Waals surface area contributed by atoms with Crippen LogP contribution in [0, 0.1) is 13.8 Å². The van der Waals surface area contributed by atoms with Crippen LogP contribution in [0.5, 0.6) is 0 Å². The third-order valence-corrected chi connectivity index (χ3v) is 8.50. The molecule has 0 saturated heterocycles. The van der Waals surface area contributed by atoms with Crippen LogP contribution in [0.15, 0.2) is 82.2 Å². The molecule has 0 fully saturated rings. The molecule has 0 bridgehead atoms. The number of hydrogen-bond acceptors (Lipinski definition) is 4. The van der Waals surface area contributed by atoms with Crippen molar-refractivity contribution in [2.45, 2.75) is 51.6 Å². The molecule has 202 valence electrons. The normalized spacial score (nSPS) is 12.0. The minimum atomic E-state index is -4.08. The molecule has 3 aromatic rings. The van der Waals surface area contributed by atoms with Crippen molar-refractivity contribution >= 4 is 43.5 Å². The Morgan fingerprint density at radius 2 is 1.66 bits per heavy atom. The van der Waals surface area contributed by atoms with Crippen molar-refractivity contribution in [3.63, 3.8) is 0 Å². The Bertz CT molecular complexity index is 1380. The molecule has 0 radical (unpaired) electrons. The fourth-order valence-electron chi connectivity index (χ4n) is 4.00. The fourth-order valence-corrected chi connectivity index (χ4v) is 5.93. The van der Waals surface area contributed by atoms with Gasteiger partial charge in [-0.25, -0.2) is 8.42 Å². The van der Waals surface area contributed by atoms with Gasteiger partial charge < -0.3 is 10.2 Å². The van der Waals surface area contributed by atoms with E-state index >= 15 is 0 Å². The number of nitrogens with one attached hydrogen (secondary N) is 1. The van der Waals surface area contributed by atoms with E-state index in [2.05, 4.69) is 21.2 Å². The van der Waals surface area contributed by atoms with Crippen molar-refractivity contribution in [2.75, 3.05) is 17.4 Å². The zero-order chi connectivity index (χ0) is 27.9. The number of sulfonamides is 1. The van der Waals surface area contributed by atoms with Crippen LogP contribution < -0.4 is 9.62 Å². The predicted molar refractivity (Wildman–Crippen MR) is 154 cm³/mol. The SMILES string of the molecule is CCCNC(=O)[C@H](C)N(Cc1cccc(Br)c1)C(=O)CN(c1ccccc1C)S(=O)(=O)c1ccc(C)cc1. The number of carbonyl (C=O) groups excluding carboxylic acids is 2. The summed E-state index contributed by atoms with van der Waals surface area (Å²) in [4.78, 5) is 28.3. The average Bonchev–Trinajstić information content (AvgIpc) is 2.89. The fraction of sp³-hybridized carbons (Fsp3) is 0.310. The number of benzene rings is 3. The summed E-state index contributed by atoms with van der Waals surface area (Å²) in [6.45, 7) is 7.46. The number of rotatable bonds is 11. The molecule has 0 aliphatic rings. The largest absolute Gasteiger partial charge is 0.354 e. The molecule has 0 aromatic heterocycles. The second kappa shape index (κ2) is 13.1. The van der Waals surface area contributed by atoms with E-state index in [0.717, 1.165) is 26.3 Å². The first-order chi connectivity index (χ1) is 18.0. The van der Waals surface area contributed by atoms with Crippen LogP contribution in [0.1, 0.15) is 37.0 Å². The van der Waals surface area contributed by atoms with Gasteiger partial charge in [-0.1, -0.05) is 70.9 Å². The smallest absolute Gasteiger partial charge is 0.264 e. The lowest BCUT2D eigenvalue weighted by Gasteiger charge is -2.32. The van der Waals surface area contributed by atoms with Crippen LogP contribution in [0.4, 0.5) is 5.69 Å². The number of amides is 2. The number of halogens is 1. The Kier molecular flexibility index (Phi) is 10.1. The summed E-state index contributed by atoms with van der Waals surface area (Å²) in [5.41, 5.74) is 2.86. The molecular formula is C29H34BrN3O4S. The Morgan fingerprint density at radius 3 is 2.29 bits per heavy atom. The summed E-state index contributed by atoms with van der Waals surface area (Å²) < 4.78 is 29.7. The molecule has 1 N–H and O–H groups in total. The zero-order valence-corrected chi connectivity index (χ0v) is 24.6. The molecule has 2 amide bonds. The maximum Gasteiger partial charge on any atom is 0.264 e. The van der Waals surface area contributed by atoms with Crippen molar-refractivity contribution in [3.05, 3.63) is 94.0 Å². The van der Waals surface area contributed by atoms with E-state index in [1.165, 1.54) is 4.90 Å². The van der Waals surface area contributed by atoms with Crippen LogP contribution in [-0.4, -0.2) is 44.3 Å². The summed E-state index contributed by atoms with van der Waals surface area (Å²) in [6, 6.07) is 20.2. The number of aryl methyl sites for hydroxylation is 2. The quantitative estimate of drug-likeness (QED) is 0.328. The lowest BCUT2D eigenvalue weighted by atomic mass is 10.1. The van der Waals surface area contributed by atoms with E-state index in [9.17, 15) is 18.0 Å². The van der Waals surface area contributed by atoms with Gasteiger partial charge in [0, 0.05) is 17.6 Å². The Balaban J connectivity index is 2.03. The van der Waals surface area contributed by atoms with Crippen molar-refractivity contribution in [2.24, 2.45) is 0 Å². The molecule has 38 heavy (non-hydrogen) atoms. The lowest BCUT2D eigenvalue weighted by Crippen LogP contribution is -2.51. The van der Waals surface area contributed by atoms with E-state index in [0.29, 0.717) is 17.8 Å². The molecule has 0 unspecified atom stereocenters. The van der Waals surface area contributed by atoms with Gasteiger partial charge in [0.05, 0.1) is 10.6 Å². The summed E-state index contributed by atoms with van der Waals surface area (Å²) in [5.74, 6) is -0.776. The number of carbonyl (C=O) groups is 2. The van der Waals surface area contributed by atoms with Crippen LogP contribution in [0.2, 0.25) is 0 Å². The predicted octanol–water partition coefficient (Wildman–Crippen LogP) is 5.20. The topological polar surface area (TPSA) is 86.8 Å². The van der Waals surface area contributed by atoms with E-state index in [4.69, 9.17) is 0 Å². The summed E-state index contributed by atoms with van der Waals surface area (Å²) in [6.07, 6.45) is 0.758. The maximum atomic E-state index is 13.9. The van der Waals surface area contributed by atoms with Crippen LogP contribution in [-0.2, 0) is 26.2 Å². The van der Waals surface area contributed by atoms with Gasteiger partial charge in [-0.05, 0) is 68.7 Å². The van der Waals surface area contributed by atoms with Gasteiger partial charge in [0.2, 0.25) is 11.8 Å². The van der Waals surface area contributed by atoms with Crippen molar-refractivity contribution < 1.29 is 18.0 Å². The zero-order valence-electron chi connectivity index (χ0n) is 22.1. The van der Waals surface area contributed by atoms with Crippen molar-refractivity contribution in [1.82, 2.24) is 10.2 Å². The van der Waals surface area contributed by atoms with Crippen LogP contribution >= 0.6 is 15.9 Å².